The summed E-state index contributed by atoms with van der Waals surface area (Å²) in [6.45, 7) is 1.91. The van der Waals surface area contributed by atoms with Crippen LogP contribution < -0.4 is 15.4 Å². The van der Waals surface area contributed by atoms with Crippen molar-refractivity contribution in [1.82, 2.24) is 15.3 Å². The van der Waals surface area contributed by atoms with Gasteiger partial charge in [0.05, 0.1) is 24.0 Å². The number of carboxylic acid groups (broad SMARTS) is 1. The highest BCUT2D eigenvalue weighted by Gasteiger charge is 2.38. The maximum Gasteiger partial charge on any atom is 0.490 e. The van der Waals surface area contributed by atoms with Gasteiger partial charge in [-0.25, -0.2) is 9.18 Å². The molecule has 3 rings (SSSR count). The minimum atomic E-state index is -5.08. The van der Waals surface area contributed by atoms with Crippen LogP contribution in [0.5, 0.6) is 5.88 Å². The van der Waals surface area contributed by atoms with E-state index in [2.05, 4.69) is 20.6 Å². The molecule has 2 aromatic rings. The van der Waals surface area contributed by atoms with Crippen LogP contribution in [0.25, 0.3) is 0 Å². The van der Waals surface area contributed by atoms with Crippen LogP contribution in [0.1, 0.15) is 17.5 Å². The van der Waals surface area contributed by atoms with Gasteiger partial charge in [-0.05, 0) is 25.1 Å². The molecule has 1 aliphatic heterocycles. The van der Waals surface area contributed by atoms with E-state index in [1.54, 1.807) is 12.3 Å². The molecule has 0 bridgehead atoms. The van der Waals surface area contributed by atoms with Crippen LogP contribution in [0.4, 0.5) is 23.4 Å². The number of benzene rings is 1. The lowest BCUT2D eigenvalue weighted by Crippen LogP contribution is -2.22. The lowest BCUT2D eigenvalue weighted by Gasteiger charge is -2.12. The number of nitrogens with zero attached hydrogens (tertiary/aromatic N) is 3. The summed E-state index contributed by atoms with van der Waals surface area (Å²) in [5.74, 6) is -2.27. The van der Waals surface area contributed by atoms with Gasteiger partial charge in [-0.1, -0.05) is 6.07 Å². The van der Waals surface area contributed by atoms with Gasteiger partial charge in [0.15, 0.2) is 0 Å². The van der Waals surface area contributed by atoms with Crippen LogP contribution in [0, 0.1) is 17.1 Å². The second-order valence-electron chi connectivity index (χ2n) is 6.09. The lowest BCUT2D eigenvalue weighted by atomic mass is 10.1. The predicted octanol–water partition coefficient (Wildman–Crippen LogP) is 2.47. The molecule has 3 N–H and O–H groups in total. The second kappa shape index (κ2) is 10.4. The van der Waals surface area contributed by atoms with Gasteiger partial charge in [-0.2, -0.15) is 23.4 Å². The van der Waals surface area contributed by atoms with E-state index in [0.717, 1.165) is 19.5 Å². The summed E-state index contributed by atoms with van der Waals surface area (Å²) in [5.41, 5.74) is 0.645. The zero-order valence-electron chi connectivity index (χ0n) is 15.4. The number of carboxylic acids is 1. The molecule has 12 heteroatoms. The maximum absolute atomic E-state index is 13.8. The average molecular weight is 427 g/mol. The SMILES string of the molecule is N#Cc1ccc(COc2cncc(N[C@@H]3CCNC3)n2)c(F)c1.O=C(O)C(F)(F)F. The standard InChI is InChI=1S/C16H16FN5O.C2HF3O2/c17-14-5-11(6-18)1-2-12(14)10-23-16-9-20-8-15(22-16)21-13-3-4-19-7-13;3-2(4,5)1(6)7/h1-2,5,8-9,13,19H,3-4,7,10H2,(H,21,22);(H,6,7)/t13-;/m1./s1. The molecule has 1 atom stereocenters. The van der Waals surface area contributed by atoms with Crippen molar-refractivity contribution in [3.05, 3.63) is 47.5 Å². The van der Waals surface area contributed by atoms with E-state index in [-0.39, 0.29) is 12.2 Å². The van der Waals surface area contributed by atoms with Gasteiger partial charge in [-0.3, -0.25) is 4.98 Å². The first kappa shape index (κ1) is 22.8. The summed E-state index contributed by atoms with van der Waals surface area (Å²) in [4.78, 5) is 17.3. The molecule has 0 aliphatic carbocycles. The Morgan fingerprint density at radius 2 is 2.13 bits per heavy atom. The van der Waals surface area contributed by atoms with Gasteiger partial charge >= 0.3 is 12.1 Å². The Morgan fingerprint density at radius 3 is 2.70 bits per heavy atom. The Balaban J connectivity index is 0.000000396. The van der Waals surface area contributed by atoms with Crippen LogP contribution in [-0.4, -0.2) is 46.4 Å². The molecular formula is C18H17F4N5O3. The Hall–Kier alpha value is -3.46. The van der Waals surface area contributed by atoms with Crippen LogP contribution in [0.2, 0.25) is 0 Å². The number of aromatic nitrogens is 2. The molecule has 1 aromatic carbocycles. The number of nitrogens with one attached hydrogen (secondary N) is 2. The van der Waals surface area contributed by atoms with Crippen LogP contribution >= 0.6 is 0 Å². The third-order valence-electron chi connectivity index (χ3n) is 3.82. The fraction of sp³-hybridized carbons (Fsp3) is 0.333. The molecule has 1 saturated heterocycles. The highest BCUT2D eigenvalue weighted by atomic mass is 19.4. The molecule has 1 aliphatic rings. The number of carbonyl (C=O) groups is 1. The zero-order valence-corrected chi connectivity index (χ0v) is 15.4. The molecule has 30 heavy (non-hydrogen) atoms. The first-order valence-corrected chi connectivity index (χ1v) is 8.59. The number of anilines is 1. The van der Waals surface area contributed by atoms with E-state index in [4.69, 9.17) is 19.9 Å². The molecule has 0 spiro atoms. The van der Waals surface area contributed by atoms with Gasteiger partial charge in [0.2, 0.25) is 5.88 Å². The molecular weight excluding hydrogens is 410 g/mol. The third kappa shape index (κ3) is 7.17. The summed E-state index contributed by atoms with van der Waals surface area (Å²) in [7, 11) is 0. The highest BCUT2D eigenvalue weighted by molar-refractivity contribution is 5.73. The molecule has 1 fully saturated rings. The molecule has 160 valence electrons. The van der Waals surface area contributed by atoms with Crippen LogP contribution in [0.3, 0.4) is 0 Å². The van der Waals surface area contributed by atoms with Crippen molar-refractivity contribution >= 4 is 11.8 Å². The van der Waals surface area contributed by atoms with E-state index < -0.39 is 18.0 Å². The molecule has 1 aromatic heterocycles. The first-order chi connectivity index (χ1) is 14.2. The highest BCUT2D eigenvalue weighted by Crippen LogP contribution is 2.16. The molecule has 2 heterocycles. The summed E-state index contributed by atoms with van der Waals surface area (Å²) in [6.07, 6.45) is -0.934. The molecule has 0 unspecified atom stereocenters. The number of alkyl halides is 3. The van der Waals surface area contributed by atoms with E-state index in [1.807, 2.05) is 6.07 Å². The van der Waals surface area contributed by atoms with Gasteiger partial charge < -0.3 is 20.5 Å². The number of halogens is 4. The van der Waals surface area contributed by atoms with Crippen LogP contribution in [-0.2, 0) is 11.4 Å². The number of nitriles is 1. The smallest absolute Gasteiger partial charge is 0.475 e. The summed E-state index contributed by atoms with van der Waals surface area (Å²) in [5, 5.41) is 22.4. The fourth-order valence-corrected chi connectivity index (χ4v) is 2.36. The van der Waals surface area contributed by atoms with Gasteiger partial charge in [0.1, 0.15) is 18.2 Å². The van der Waals surface area contributed by atoms with Gasteiger partial charge in [0, 0.05) is 18.2 Å². The van der Waals surface area contributed by atoms with Crippen molar-refractivity contribution in [3.63, 3.8) is 0 Å². The van der Waals surface area contributed by atoms with Crippen molar-refractivity contribution in [2.75, 3.05) is 18.4 Å². The fourth-order valence-electron chi connectivity index (χ4n) is 2.36. The second-order valence-corrected chi connectivity index (χ2v) is 6.09. The topological polar surface area (TPSA) is 120 Å². The number of hydrogen-bond donors (Lipinski definition) is 3. The first-order valence-electron chi connectivity index (χ1n) is 8.59. The number of aliphatic carboxylic acids is 1. The zero-order chi connectivity index (χ0) is 22.1. The normalized spacial score (nSPS) is 15.5. The van der Waals surface area contributed by atoms with Crippen molar-refractivity contribution in [1.29, 1.82) is 5.26 Å². The Kier molecular flexibility index (Phi) is 7.88. The largest absolute Gasteiger partial charge is 0.490 e. The number of hydrogen-bond acceptors (Lipinski definition) is 7. The van der Waals surface area contributed by atoms with Crippen molar-refractivity contribution in [2.45, 2.75) is 25.2 Å². The summed E-state index contributed by atoms with van der Waals surface area (Å²) in [6, 6.07) is 6.50. The van der Waals surface area contributed by atoms with E-state index in [0.29, 0.717) is 23.3 Å². The molecule has 8 nitrogen and oxygen atoms in total. The third-order valence-corrected chi connectivity index (χ3v) is 3.82. The Bertz CT molecular complexity index is 911. The Labute approximate surface area is 168 Å². The summed E-state index contributed by atoms with van der Waals surface area (Å²) < 4.78 is 51.0. The van der Waals surface area contributed by atoms with E-state index in [1.165, 1.54) is 18.3 Å². The van der Waals surface area contributed by atoms with Crippen molar-refractivity contribution in [3.8, 4) is 11.9 Å². The van der Waals surface area contributed by atoms with Crippen molar-refractivity contribution < 1.29 is 32.2 Å². The Morgan fingerprint density at radius 1 is 1.40 bits per heavy atom. The average Bonchev–Trinajstić information content (AvgIpc) is 3.20. The van der Waals surface area contributed by atoms with Gasteiger partial charge in [0.25, 0.3) is 0 Å². The van der Waals surface area contributed by atoms with Crippen LogP contribution in [0.15, 0.2) is 30.6 Å². The van der Waals surface area contributed by atoms with E-state index >= 15 is 0 Å². The maximum atomic E-state index is 13.8. The number of rotatable bonds is 5. The lowest BCUT2D eigenvalue weighted by molar-refractivity contribution is -0.192. The number of ether oxygens (including phenoxy) is 1. The minimum Gasteiger partial charge on any atom is -0.475 e. The molecule has 0 saturated carbocycles. The molecule has 0 radical (unpaired) electrons. The quantitative estimate of drug-likeness (QED) is 0.623. The molecule has 0 amide bonds. The summed E-state index contributed by atoms with van der Waals surface area (Å²) >= 11 is 0. The van der Waals surface area contributed by atoms with Gasteiger partial charge in [-0.15, -0.1) is 0 Å². The minimum absolute atomic E-state index is 0.0284. The van der Waals surface area contributed by atoms with E-state index in [9.17, 15) is 17.6 Å². The van der Waals surface area contributed by atoms with Crippen molar-refractivity contribution in [2.24, 2.45) is 0 Å². The predicted molar refractivity (Wildman–Crippen MR) is 96.1 cm³/mol. The monoisotopic (exact) mass is 427 g/mol.